The van der Waals surface area contributed by atoms with Crippen LogP contribution in [0.5, 0.6) is 0 Å². The lowest BCUT2D eigenvalue weighted by Crippen LogP contribution is -2.58. The molecule has 0 radical (unpaired) electrons. The first-order valence-electron chi connectivity index (χ1n) is 10.9. The number of aromatic amines is 1. The molecule has 0 saturated carbocycles. The summed E-state index contributed by atoms with van der Waals surface area (Å²) in [5, 5.41) is 1.30. The van der Waals surface area contributed by atoms with Crippen LogP contribution in [0.15, 0.2) is 46.1 Å². The number of benzene rings is 1. The van der Waals surface area contributed by atoms with E-state index >= 15 is 0 Å². The standard InChI is InChI=1S/C23H34N2O4Si/c1-7-19-20(13-21(28-19)25-14-17(6)22(26)24-23(25)27)29-30(15(2)3,16(4)5)18-11-9-8-10-12-18/h8-12,14-16,19-21H,7,13H2,1-6H3,(H,24,26,27). The smallest absolute Gasteiger partial charge is 0.330 e. The van der Waals surface area contributed by atoms with Crippen molar-refractivity contribution in [2.45, 2.75) is 83.9 Å². The van der Waals surface area contributed by atoms with Crippen LogP contribution in [-0.2, 0) is 9.16 Å². The molecule has 1 aromatic heterocycles. The van der Waals surface area contributed by atoms with E-state index in [2.05, 4.69) is 63.9 Å². The molecule has 0 amide bonds. The molecular formula is C23H34N2O4Si. The lowest BCUT2D eigenvalue weighted by molar-refractivity contribution is -0.0196. The van der Waals surface area contributed by atoms with Gasteiger partial charge in [-0.15, -0.1) is 0 Å². The summed E-state index contributed by atoms with van der Waals surface area (Å²) in [6.45, 7) is 12.8. The van der Waals surface area contributed by atoms with Crippen molar-refractivity contribution in [2.75, 3.05) is 0 Å². The van der Waals surface area contributed by atoms with Gasteiger partial charge in [0.05, 0.1) is 12.2 Å². The first-order valence-corrected chi connectivity index (χ1v) is 13.0. The Morgan fingerprint density at radius 3 is 2.37 bits per heavy atom. The number of ether oxygens (including phenoxy) is 1. The minimum absolute atomic E-state index is 0.0952. The van der Waals surface area contributed by atoms with Gasteiger partial charge >= 0.3 is 5.69 Å². The summed E-state index contributed by atoms with van der Waals surface area (Å²) in [6, 6.07) is 10.6. The van der Waals surface area contributed by atoms with Crippen molar-refractivity contribution >= 4 is 13.5 Å². The molecule has 3 unspecified atom stereocenters. The molecule has 1 aliphatic heterocycles. The number of aromatic nitrogens is 2. The van der Waals surface area contributed by atoms with E-state index in [-0.39, 0.29) is 17.8 Å². The van der Waals surface area contributed by atoms with E-state index in [1.54, 1.807) is 13.1 Å². The van der Waals surface area contributed by atoms with Crippen molar-refractivity contribution in [3.63, 3.8) is 0 Å². The number of nitrogens with one attached hydrogen (secondary N) is 1. The fourth-order valence-electron chi connectivity index (χ4n) is 4.78. The average Bonchev–Trinajstić information content (AvgIpc) is 3.11. The number of hydrogen-bond donors (Lipinski definition) is 1. The van der Waals surface area contributed by atoms with Crippen molar-refractivity contribution in [3.05, 3.63) is 62.9 Å². The highest BCUT2D eigenvalue weighted by Gasteiger charge is 2.49. The molecule has 7 heteroatoms. The molecule has 1 N–H and O–H groups in total. The van der Waals surface area contributed by atoms with Crippen molar-refractivity contribution in [1.29, 1.82) is 0 Å². The molecule has 1 saturated heterocycles. The highest BCUT2D eigenvalue weighted by molar-refractivity contribution is 6.88. The molecule has 164 valence electrons. The van der Waals surface area contributed by atoms with Crippen LogP contribution in [-0.4, -0.2) is 30.1 Å². The second-order valence-corrected chi connectivity index (χ2v) is 13.6. The minimum atomic E-state index is -2.34. The average molecular weight is 431 g/mol. The number of aryl methyl sites for hydroxylation is 1. The molecule has 0 bridgehead atoms. The third-order valence-electron chi connectivity index (χ3n) is 6.33. The highest BCUT2D eigenvalue weighted by atomic mass is 28.4. The third-order valence-corrected chi connectivity index (χ3v) is 11.7. The molecule has 30 heavy (non-hydrogen) atoms. The van der Waals surface area contributed by atoms with Gasteiger partial charge in [-0.05, 0) is 29.6 Å². The predicted molar refractivity (Wildman–Crippen MR) is 122 cm³/mol. The Morgan fingerprint density at radius 1 is 1.17 bits per heavy atom. The van der Waals surface area contributed by atoms with E-state index in [1.807, 2.05) is 6.07 Å². The van der Waals surface area contributed by atoms with Gasteiger partial charge in [-0.1, -0.05) is 65.0 Å². The maximum atomic E-state index is 12.4. The Bertz CT molecular complexity index is 959. The quantitative estimate of drug-likeness (QED) is 0.681. The van der Waals surface area contributed by atoms with E-state index < -0.39 is 20.2 Å². The Hall–Kier alpha value is -1.96. The minimum Gasteiger partial charge on any atom is -0.406 e. The SMILES string of the molecule is CCC1OC(n2cc(C)c(=O)[nH]c2=O)CC1O[Si](c1ccccc1)(C(C)C)C(C)C. The zero-order valence-corrected chi connectivity index (χ0v) is 19.8. The Kier molecular flexibility index (Phi) is 6.84. The predicted octanol–water partition coefficient (Wildman–Crippen LogP) is 3.60. The van der Waals surface area contributed by atoms with Crippen LogP contribution in [0, 0.1) is 6.92 Å². The van der Waals surface area contributed by atoms with Crippen LogP contribution in [0.1, 0.15) is 59.3 Å². The normalized spacial score (nSPS) is 22.2. The molecule has 2 heterocycles. The van der Waals surface area contributed by atoms with Gasteiger partial charge in [0.1, 0.15) is 6.23 Å². The molecule has 1 aromatic carbocycles. The van der Waals surface area contributed by atoms with Gasteiger partial charge in [-0.3, -0.25) is 14.3 Å². The van der Waals surface area contributed by atoms with E-state index in [0.29, 0.717) is 23.1 Å². The molecule has 6 nitrogen and oxygen atoms in total. The van der Waals surface area contributed by atoms with Gasteiger partial charge in [0, 0.05) is 18.2 Å². The van der Waals surface area contributed by atoms with Crippen LogP contribution < -0.4 is 16.4 Å². The van der Waals surface area contributed by atoms with E-state index in [1.165, 1.54) is 9.75 Å². The Morgan fingerprint density at radius 2 is 1.80 bits per heavy atom. The summed E-state index contributed by atoms with van der Waals surface area (Å²) in [7, 11) is -2.34. The lowest BCUT2D eigenvalue weighted by atomic mass is 10.1. The molecule has 1 aliphatic rings. The largest absolute Gasteiger partial charge is 0.406 e. The van der Waals surface area contributed by atoms with Crippen LogP contribution in [0.25, 0.3) is 0 Å². The summed E-state index contributed by atoms with van der Waals surface area (Å²) in [5.41, 5.74) is 0.464. The van der Waals surface area contributed by atoms with Gasteiger partial charge in [-0.25, -0.2) is 4.79 Å². The van der Waals surface area contributed by atoms with E-state index in [4.69, 9.17) is 9.16 Å². The first kappa shape index (κ1) is 22.7. The van der Waals surface area contributed by atoms with E-state index in [9.17, 15) is 9.59 Å². The molecule has 1 fully saturated rings. The van der Waals surface area contributed by atoms with Gasteiger partial charge in [0.15, 0.2) is 0 Å². The Balaban J connectivity index is 1.96. The molecule has 0 aliphatic carbocycles. The zero-order valence-electron chi connectivity index (χ0n) is 18.8. The van der Waals surface area contributed by atoms with E-state index in [0.717, 1.165) is 6.42 Å². The zero-order chi connectivity index (χ0) is 22.1. The first-order chi connectivity index (χ1) is 14.2. The molecule has 3 atom stereocenters. The molecule has 3 rings (SSSR count). The Labute approximate surface area is 179 Å². The van der Waals surface area contributed by atoms with Gasteiger partial charge < -0.3 is 9.16 Å². The topological polar surface area (TPSA) is 73.3 Å². The van der Waals surface area contributed by atoms with Crippen LogP contribution in [0.4, 0.5) is 0 Å². The lowest BCUT2D eigenvalue weighted by Gasteiger charge is -2.42. The maximum absolute atomic E-state index is 12.4. The monoisotopic (exact) mass is 430 g/mol. The van der Waals surface area contributed by atoms with Gasteiger partial charge in [-0.2, -0.15) is 0 Å². The number of H-pyrrole nitrogens is 1. The molecular weight excluding hydrogens is 396 g/mol. The molecule has 2 aromatic rings. The second kappa shape index (κ2) is 9.04. The van der Waals surface area contributed by atoms with Crippen LogP contribution in [0.2, 0.25) is 11.1 Å². The third kappa shape index (κ3) is 4.11. The van der Waals surface area contributed by atoms with Crippen LogP contribution >= 0.6 is 0 Å². The number of hydrogen-bond acceptors (Lipinski definition) is 4. The maximum Gasteiger partial charge on any atom is 0.330 e. The van der Waals surface area contributed by atoms with Crippen molar-refractivity contribution in [2.24, 2.45) is 0 Å². The summed E-state index contributed by atoms with van der Waals surface area (Å²) in [5.74, 6) is 0. The summed E-state index contributed by atoms with van der Waals surface area (Å²) in [6.07, 6.45) is 2.34. The van der Waals surface area contributed by atoms with Crippen molar-refractivity contribution in [3.8, 4) is 0 Å². The van der Waals surface area contributed by atoms with Crippen LogP contribution in [0.3, 0.4) is 0 Å². The van der Waals surface area contributed by atoms with Gasteiger partial charge in [0.25, 0.3) is 5.56 Å². The summed E-state index contributed by atoms with van der Waals surface area (Å²) in [4.78, 5) is 26.5. The molecule has 0 spiro atoms. The summed E-state index contributed by atoms with van der Waals surface area (Å²) < 4.78 is 14.8. The fourth-order valence-corrected chi connectivity index (χ4v) is 9.59. The van der Waals surface area contributed by atoms with Crippen molar-refractivity contribution < 1.29 is 9.16 Å². The fraction of sp³-hybridized carbons (Fsp3) is 0.565. The number of nitrogens with zero attached hydrogens (tertiary/aromatic N) is 1. The highest BCUT2D eigenvalue weighted by Crippen LogP contribution is 2.40. The second-order valence-electron chi connectivity index (χ2n) is 8.88. The summed E-state index contributed by atoms with van der Waals surface area (Å²) >= 11 is 0. The van der Waals surface area contributed by atoms with Gasteiger partial charge in [0.2, 0.25) is 8.32 Å². The number of rotatable bonds is 7. The van der Waals surface area contributed by atoms with Crippen molar-refractivity contribution in [1.82, 2.24) is 9.55 Å².